The summed E-state index contributed by atoms with van der Waals surface area (Å²) in [4.78, 5) is 35.3. The van der Waals surface area contributed by atoms with Gasteiger partial charge in [-0.1, -0.05) is 13.8 Å². The predicted molar refractivity (Wildman–Crippen MR) is 169 cm³/mol. The number of aromatic amines is 2. The normalized spacial score (nSPS) is 14.3. The molecule has 2 aliphatic rings. The molecule has 8 bridgehead atoms. The van der Waals surface area contributed by atoms with E-state index in [1.54, 1.807) is 0 Å². The monoisotopic (exact) mass is 782 g/mol. The molecule has 0 aliphatic carbocycles. The Hall–Kier alpha value is -5.30. The summed E-state index contributed by atoms with van der Waals surface area (Å²) < 4.78 is 177. The van der Waals surface area contributed by atoms with E-state index in [1.807, 2.05) is 0 Å². The van der Waals surface area contributed by atoms with Crippen molar-refractivity contribution in [3.63, 3.8) is 0 Å². The second kappa shape index (κ2) is 13.8. The number of rotatable bonds is 8. The van der Waals surface area contributed by atoms with Crippen molar-refractivity contribution in [1.29, 1.82) is 0 Å². The van der Waals surface area contributed by atoms with Gasteiger partial charge in [0.25, 0.3) is 0 Å². The molecule has 0 aromatic carbocycles. The summed E-state index contributed by atoms with van der Waals surface area (Å²) in [6, 6.07) is 2.45. The van der Waals surface area contributed by atoms with E-state index in [4.69, 9.17) is 0 Å². The van der Waals surface area contributed by atoms with Crippen LogP contribution in [0.1, 0.15) is 84.6 Å². The van der Waals surface area contributed by atoms with E-state index < -0.39 is 165 Å². The molecule has 2 aliphatic heterocycles. The third-order valence-corrected chi connectivity index (χ3v) is 8.73. The average molecular weight is 783 g/mol. The van der Waals surface area contributed by atoms with Gasteiger partial charge >= 0.3 is 36.6 Å². The van der Waals surface area contributed by atoms with Gasteiger partial charge in [-0.3, -0.25) is 9.59 Å². The number of aryl methyl sites for hydroxylation is 2. The van der Waals surface area contributed by atoms with Gasteiger partial charge < -0.3 is 20.2 Å². The molecule has 290 valence electrons. The van der Waals surface area contributed by atoms with E-state index >= 15 is 0 Å². The summed E-state index contributed by atoms with van der Waals surface area (Å²) in [5, 5.41) is 18.7. The van der Waals surface area contributed by atoms with Gasteiger partial charge in [0.2, 0.25) is 0 Å². The molecule has 0 unspecified atom stereocenters. The van der Waals surface area contributed by atoms with Crippen LogP contribution in [0.25, 0.3) is 44.4 Å². The first kappa shape index (κ1) is 39.9. The Morgan fingerprint density at radius 2 is 0.907 bits per heavy atom. The smallest absolute Gasteiger partial charge is 0.418 e. The quantitative estimate of drug-likeness (QED) is 0.168. The highest BCUT2D eigenvalue weighted by molar-refractivity contribution is 6.02. The van der Waals surface area contributed by atoms with Crippen LogP contribution in [0.3, 0.4) is 0 Å². The molecule has 0 fully saturated rings. The zero-order valence-corrected chi connectivity index (χ0v) is 27.7. The highest BCUT2D eigenvalue weighted by Gasteiger charge is 2.48. The number of aliphatic carboxylic acids is 2. The topological polar surface area (TPSA) is 132 Å². The first-order chi connectivity index (χ1) is 24.9. The maximum atomic E-state index is 14.8. The van der Waals surface area contributed by atoms with Crippen LogP contribution >= 0.6 is 0 Å². The van der Waals surface area contributed by atoms with Crippen molar-refractivity contribution < 1.29 is 72.5 Å². The van der Waals surface area contributed by atoms with Crippen LogP contribution in [-0.4, -0.2) is 54.4 Å². The van der Waals surface area contributed by atoms with Crippen molar-refractivity contribution in [3.8, 4) is 0 Å². The van der Waals surface area contributed by atoms with Gasteiger partial charge in [0.05, 0.1) is 55.7 Å². The summed E-state index contributed by atoms with van der Waals surface area (Å²) in [7, 11) is 0. The average Bonchev–Trinajstić information content (AvgIpc) is 3.78. The van der Waals surface area contributed by atoms with Gasteiger partial charge in [-0.2, -0.15) is 52.7 Å². The summed E-state index contributed by atoms with van der Waals surface area (Å²) in [5.74, 6) is -3.20. The lowest BCUT2D eigenvalue weighted by molar-refractivity contribution is -0.139. The number of carboxylic acids is 2. The second-order valence-electron chi connectivity index (χ2n) is 12.1. The largest absolute Gasteiger partial charge is 0.481 e. The van der Waals surface area contributed by atoms with E-state index in [-0.39, 0.29) is 0 Å². The SMILES string of the molecule is CCC1=C(C(F)(F)F)c2nc1ccc1[nH]c(c(CCC(=O)O)c1C(F)(F)F)c1[nH]c(ccc3nc2C(C(F)(F)F)=C3CC)c(C(F)(F)F)c1CCC(=O)O. The number of allylic oxidation sites excluding steroid dienone is 4. The van der Waals surface area contributed by atoms with Crippen LogP contribution in [-0.2, 0) is 34.8 Å². The molecule has 0 radical (unpaired) electrons. The highest BCUT2D eigenvalue weighted by Crippen LogP contribution is 2.50. The minimum Gasteiger partial charge on any atom is -0.481 e. The molecule has 4 N–H and O–H groups in total. The van der Waals surface area contributed by atoms with E-state index in [0.717, 1.165) is 0 Å². The molecule has 20 heteroatoms. The molecule has 3 aromatic heterocycles. The number of nitrogens with zero attached hydrogens (tertiary/aromatic N) is 2. The van der Waals surface area contributed by atoms with Crippen molar-refractivity contribution in [2.24, 2.45) is 0 Å². The molecule has 0 atom stereocenters. The molecule has 3 aromatic rings. The Balaban J connectivity index is 2.15. The van der Waals surface area contributed by atoms with Gasteiger partial charge in [-0.25, -0.2) is 9.97 Å². The summed E-state index contributed by atoms with van der Waals surface area (Å²) in [6.07, 6.45) is -26.4. The third kappa shape index (κ3) is 7.41. The highest BCUT2D eigenvalue weighted by atomic mass is 19.4. The molecule has 54 heavy (non-hydrogen) atoms. The molecule has 0 spiro atoms. The number of alkyl halides is 12. The fourth-order valence-electron chi connectivity index (χ4n) is 6.71. The van der Waals surface area contributed by atoms with Crippen LogP contribution in [0.15, 0.2) is 24.3 Å². The van der Waals surface area contributed by atoms with Crippen LogP contribution in [0, 0.1) is 0 Å². The van der Waals surface area contributed by atoms with Crippen LogP contribution in [0.5, 0.6) is 0 Å². The Labute approximate surface area is 295 Å². The summed E-state index contributed by atoms with van der Waals surface area (Å²) >= 11 is 0. The Kier molecular flexibility index (Phi) is 10.2. The van der Waals surface area contributed by atoms with Crippen molar-refractivity contribution >= 4 is 56.3 Å². The second-order valence-corrected chi connectivity index (χ2v) is 12.1. The molecular formula is C34H26F12N4O4. The first-order valence-electron chi connectivity index (χ1n) is 15.9. The Morgan fingerprint density at radius 1 is 0.574 bits per heavy atom. The lowest BCUT2D eigenvalue weighted by Gasteiger charge is -2.14. The predicted octanol–water partition coefficient (Wildman–Crippen LogP) is 10.2. The van der Waals surface area contributed by atoms with E-state index in [2.05, 4.69) is 19.9 Å². The standard InChI is InChI=1S/C34H26F12N4O4/c1-3-13-17-7-9-19-23(31(35,36)37)15(5-11-21(51)52)27(49-19)28-16(6-12-22(53)54)24(32(38,39)40)20(50-28)10-8-18-14(4-2)26(34(44,45)46)30(48-18)29(47-17)25(13)33(41,42)43/h7-10,49-50H,3-6,11-12H2,1-2H3,(H,51,52)(H,53,54). The number of carboxylic acid groups (broad SMARTS) is 2. The molecule has 0 saturated heterocycles. The van der Waals surface area contributed by atoms with Gasteiger partial charge in [-0.15, -0.1) is 0 Å². The molecule has 0 saturated carbocycles. The molecule has 5 heterocycles. The zero-order valence-electron chi connectivity index (χ0n) is 27.7. The van der Waals surface area contributed by atoms with Crippen molar-refractivity contribution in [2.45, 2.75) is 77.1 Å². The van der Waals surface area contributed by atoms with Crippen LogP contribution < -0.4 is 0 Å². The van der Waals surface area contributed by atoms with Gasteiger partial charge in [-0.05, 0) is 72.2 Å². The minimum absolute atomic E-state index is 0.527. The number of H-pyrrole nitrogens is 2. The lowest BCUT2D eigenvalue weighted by atomic mass is 9.97. The van der Waals surface area contributed by atoms with Crippen molar-refractivity contribution in [3.05, 3.63) is 69.3 Å². The number of fused-ring (bicyclic) bond motifs is 10. The number of halogens is 12. The number of nitrogens with one attached hydrogen (secondary N) is 2. The van der Waals surface area contributed by atoms with E-state index in [9.17, 15) is 72.5 Å². The van der Waals surface area contributed by atoms with Crippen molar-refractivity contribution in [1.82, 2.24) is 19.9 Å². The molecule has 5 rings (SSSR count). The van der Waals surface area contributed by atoms with Crippen molar-refractivity contribution in [2.75, 3.05) is 0 Å². The maximum Gasteiger partial charge on any atom is 0.418 e. The summed E-state index contributed by atoms with van der Waals surface area (Å²) in [6.45, 7) is 2.39. The van der Waals surface area contributed by atoms with Gasteiger partial charge in [0.15, 0.2) is 0 Å². The zero-order chi connectivity index (χ0) is 40.3. The minimum atomic E-state index is -5.38. The Bertz CT molecular complexity index is 2110. The Morgan fingerprint density at radius 3 is 1.17 bits per heavy atom. The van der Waals surface area contributed by atoms with E-state index in [1.165, 1.54) is 13.8 Å². The van der Waals surface area contributed by atoms with Gasteiger partial charge in [0.1, 0.15) is 11.4 Å². The maximum absolute atomic E-state index is 14.8. The fraction of sp³-hybridized carbons (Fsp3) is 0.353. The number of hydrogen-bond donors (Lipinski definition) is 4. The van der Waals surface area contributed by atoms with Gasteiger partial charge in [0, 0.05) is 12.8 Å². The molecular weight excluding hydrogens is 756 g/mol. The van der Waals surface area contributed by atoms with E-state index in [0.29, 0.717) is 24.3 Å². The fourth-order valence-corrected chi connectivity index (χ4v) is 6.71. The number of carbonyl (C=O) groups is 2. The number of hydrogen-bond acceptors (Lipinski definition) is 4. The molecule has 8 nitrogen and oxygen atoms in total. The first-order valence-corrected chi connectivity index (χ1v) is 15.9. The number of aromatic nitrogens is 4. The third-order valence-electron chi connectivity index (χ3n) is 8.73. The summed E-state index contributed by atoms with van der Waals surface area (Å²) in [5.41, 5.74) is -17.1. The lowest BCUT2D eigenvalue weighted by Crippen LogP contribution is -2.16. The van der Waals surface area contributed by atoms with Crippen LogP contribution in [0.2, 0.25) is 0 Å². The van der Waals surface area contributed by atoms with Crippen LogP contribution in [0.4, 0.5) is 52.7 Å². The molecule has 0 amide bonds.